The van der Waals surface area contributed by atoms with Gasteiger partial charge in [0.25, 0.3) is 0 Å². The van der Waals surface area contributed by atoms with E-state index >= 15 is 0 Å². The first-order valence-electron chi connectivity index (χ1n) is 4.61. The third-order valence-electron chi connectivity index (χ3n) is 2.43. The number of rotatable bonds is 2. The summed E-state index contributed by atoms with van der Waals surface area (Å²) in [5.41, 5.74) is 0. The molecule has 0 radical (unpaired) electrons. The van der Waals surface area contributed by atoms with Gasteiger partial charge in [0.1, 0.15) is 4.60 Å². The summed E-state index contributed by atoms with van der Waals surface area (Å²) in [5.74, 6) is 0.870. The minimum absolute atomic E-state index is 0.403. The Morgan fingerprint density at radius 2 is 2.23 bits per heavy atom. The van der Waals surface area contributed by atoms with Crippen LogP contribution in [-0.4, -0.2) is 15.9 Å². The molecule has 72 valence electrons. The van der Waals surface area contributed by atoms with Crippen molar-refractivity contribution in [3.05, 3.63) is 10.8 Å². The second-order valence-corrected chi connectivity index (χ2v) is 4.20. The lowest BCUT2D eigenvalue weighted by Gasteiger charge is -2.11. The molecule has 1 aromatic rings. The molecule has 4 heteroatoms. The number of halogens is 1. The Hall–Kier alpha value is -0.510. The van der Waals surface area contributed by atoms with E-state index in [1.54, 1.807) is 10.9 Å². The highest BCUT2D eigenvalue weighted by molar-refractivity contribution is 9.10. The van der Waals surface area contributed by atoms with Crippen molar-refractivity contribution in [2.45, 2.75) is 31.8 Å². The molecule has 0 amide bonds. The van der Waals surface area contributed by atoms with Crippen molar-refractivity contribution >= 4 is 15.9 Å². The maximum Gasteiger partial charge on any atom is 0.172 e. The van der Waals surface area contributed by atoms with Gasteiger partial charge in [-0.15, -0.1) is 0 Å². The summed E-state index contributed by atoms with van der Waals surface area (Å²) in [5, 5.41) is 4.10. The standard InChI is InChI=1S/C9H13BrN2O/c1-12-9(10)8(6-11-12)13-7-4-2-3-5-7/h6-7H,2-5H2,1H3. The largest absolute Gasteiger partial charge is 0.486 e. The fraction of sp³-hybridized carbons (Fsp3) is 0.667. The summed E-state index contributed by atoms with van der Waals surface area (Å²) >= 11 is 3.43. The second-order valence-electron chi connectivity index (χ2n) is 3.45. The smallest absolute Gasteiger partial charge is 0.172 e. The Kier molecular flexibility index (Phi) is 2.58. The average molecular weight is 245 g/mol. The van der Waals surface area contributed by atoms with Crippen LogP contribution in [0.1, 0.15) is 25.7 Å². The molecule has 1 aliphatic rings. The first-order chi connectivity index (χ1) is 6.27. The Morgan fingerprint density at radius 3 is 2.77 bits per heavy atom. The number of aryl methyl sites for hydroxylation is 1. The number of nitrogens with zero attached hydrogens (tertiary/aromatic N) is 2. The molecule has 0 aliphatic heterocycles. The first-order valence-corrected chi connectivity index (χ1v) is 5.41. The maximum absolute atomic E-state index is 5.80. The van der Waals surface area contributed by atoms with E-state index in [9.17, 15) is 0 Å². The van der Waals surface area contributed by atoms with Crippen LogP contribution < -0.4 is 4.74 Å². The van der Waals surface area contributed by atoms with E-state index in [4.69, 9.17) is 4.74 Å². The summed E-state index contributed by atoms with van der Waals surface area (Å²) < 4.78 is 8.49. The van der Waals surface area contributed by atoms with Gasteiger partial charge in [0.15, 0.2) is 5.75 Å². The fourth-order valence-corrected chi connectivity index (χ4v) is 1.95. The molecule has 13 heavy (non-hydrogen) atoms. The lowest BCUT2D eigenvalue weighted by molar-refractivity contribution is 0.208. The van der Waals surface area contributed by atoms with Crippen molar-refractivity contribution < 1.29 is 4.74 Å². The van der Waals surface area contributed by atoms with Gasteiger partial charge in [0.2, 0.25) is 0 Å². The average Bonchev–Trinajstić information content (AvgIpc) is 2.71. The summed E-state index contributed by atoms with van der Waals surface area (Å²) in [6.07, 6.45) is 7.12. The van der Waals surface area contributed by atoms with E-state index < -0.39 is 0 Å². The van der Waals surface area contributed by atoms with E-state index in [0.717, 1.165) is 10.4 Å². The Bertz CT molecular complexity index is 292. The van der Waals surface area contributed by atoms with Gasteiger partial charge in [0.05, 0.1) is 12.3 Å². The van der Waals surface area contributed by atoms with Crippen LogP contribution in [0.4, 0.5) is 0 Å². The highest BCUT2D eigenvalue weighted by Crippen LogP contribution is 2.28. The van der Waals surface area contributed by atoms with Crippen molar-refractivity contribution in [2.24, 2.45) is 7.05 Å². The number of ether oxygens (including phenoxy) is 1. The molecule has 1 heterocycles. The van der Waals surface area contributed by atoms with Crippen LogP contribution in [0.5, 0.6) is 5.75 Å². The molecule has 1 aliphatic carbocycles. The Morgan fingerprint density at radius 1 is 1.54 bits per heavy atom. The van der Waals surface area contributed by atoms with E-state index in [1.165, 1.54) is 25.7 Å². The van der Waals surface area contributed by atoms with Crippen molar-refractivity contribution in [3.63, 3.8) is 0 Å². The second kappa shape index (κ2) is 3.70. The zero-order chi connectivity index (χ0) is 9.26. The highest BCUT2D eigenvalue weighted by atomic mass is 79.9. The third kappa shape index (κ3) is 1.88. The molecular formula is C9H13BrN2O. The SMILES string of the molecule is Cn1ncc(OC2CCCC2)c1Br. The quantitative estimate of drug-likeness (QED) is 0.800. The summed E-state index contributed by atoms with van der Waals surface area (Å²) in [7, 11) is 1.89. The molecule has 0 saturated heterocycles. The minimum atomic E-state index is 0.403. The van der Waals surface area contributed by atoms with Crippen LogP contribution >= 0.6 is 15.9 Å². The van der Waals surface area contributed by atoms with Crippen molar-refractivity contribution in [2.75, 3.05) is 0 Å². The first kappa shape index (κ1) is 9.06. The van der Waals surface area contributed by atoms with Crippen LogP contribution in [0, 0.1) is 0 Å². The molecule has 3 nitrogen and oxygen atoms in total. The Labute approximate surface area is 86.2 Å². The van der Waals surface area contributed by atoms with Crippen LogP contribution in [-0.2, 0) is 7.05 Å². The lowest BCUT2D eigenvalue weighted by atomic mass is 10.3. The van der Waals surface area contributed by atoms with Gasteiger partial charge in [0, 0.05) is 7.05 Å². The van der Waals surface area contributed by atoms with Gasteiger partial charge in [-0.1, -0.05) is 0 Å². The van der Waals surface area contributed by atoms with Gasteiger partial charge in [-0.2, -0.15) is 5.10 Å². The van der Waals surface area contributed by atoms with Crippen molar-refractivity contribution in [3.8, 4) is 5.75 Å². The molecule has 2 rings (SSSR count). The number of hydrogen-bond donors (Lipinski definition) is 0. The fourth-order valence-electron chi connectivity index (χ4n) is 1.67. The molecule has 0 N–H and O–H groups in total. The van der Waals surface area contributed by atoms with Gasteiger partial charge in [-0.25, -0.2) is 0 Å². The molecular weight excluding hydrogens is 232 g/mol. The minimum Gasteiger partial charge on any atom is -0.486 e. The van der Waals surface area contributed by atoms with Crippen LogP contribution in [0.3, 0.4) is 0 Å². The molecule has 0 bridgehead atoms. The van der Waals surface area contributed by atoms with Crippen LogP contribution in [0.25, 0.3) is 0 Å². The molecule has 1 aromatic heterocycles. The predicted octanol–water partition coefficient (Wildman–Crippen LogP) is 2.50. The highest BCUT2D eigenvalue weighted by Gasteiger charge is 2.18. The molecule has 0 spiro atoms. The molecule has 0 aromatic carbocycles. The predicted molar refractivity (Wildman–Crippen MR) is 53.8 cm³/mol. The van der Waals surface area contributed by atoms with Crippen molar-refractivity contribution in [1.82, 2.24) is 9.78 Å². The third-order valence-corrected chi connectivity index (χ3v) is 3.34. The zero-order valence-electron chi connectivity index (χ0n) is 7.66. The zero-order valence-corrected chi connectivity index (χ0v) is 9.25. The van der Waals surface area contributed by atoms with E-state index in [0.29, 0.717) is 6.10 Å². The Balaban J connectivity index is 2.04. The molecule has 0 atom stereocenters. The number of hydrogen-bond acceptors (Lipinski definition) is 2. The van der Waals surface area contributed by atoms with Crippen LogP contribution in [0.2, 0.25) is 0 Å². The van der Waals surface area contributed by atoms with Gasteiger partial charge >= 0.3 is 0 Å². The molecule has 0 unspecified atom stereocenters. The van der Waals surface area contributed by atoms with Gasteiger partial charge in [-0.3, -0.25) is 4.68 Å². The maximum atomic E-state index is 5.80. The summed E-state index contributed by atoms with van der Waals surface area (Å²) in [4.78, 5) is 0. The van der Waals surface area contributed by atoms with E-state index in [-0.39, 0.29) is 0 Å². The molecule has 1 saturated carbocycles. The summed E-state index contributed by atoms with van der Waals surface area (Å²) in [6.45, 7) is 0. The molecule has 1 fully saturated rings. The van der Waals surface area contributed by atoms with Gasteiger partial charge in [-0.05, 0) is 41.6 Å². The van der Waals surface area contributed by atoms with Crippen LogP contribution in [0.15, 0.2) is 10.8 Å². The lowest BCUT2D eigenvalue weighted by Crippen LogP contribution is -2.10. The summed E-state index contributed by atoms with van der Waals surface area (Å²) in [6, 6.07) is 0. The van der Waals surface area contributed by atoms with Gasteiger partial charge < -0.3 is 4.74 Å². The van der Waals surface area contributed by atoms with Crippen molar-refractivity contribution in [1.29, 1.82) is 0 Å². The van der Waals surface area contributed by atoms with E-state index in [2.05, 4.69) is 21.0 Å². The normalized spacial score (nSPS) is 18.0. The monoisotopic (exact) mass is 244 g/mol. The van der Waals surface area contributed by atoms with E-state index in [1.807, 2.05) is 7.05 Å². The number of aromatic nitrogens is 2. The topological polar surface area (TPSA) is 27.1 Å².